The zero-order valence-electron chi connectivity index (χ0n) is 9.38. The number of amides is 1. The molecule has 0 radical (unpaired) electrons. The van der Waals surface area contributed by atoms with Crippen LogP contribution in [0.5, 0.6) is 0 Å². The van der Waals surface area contributed by atoms with Crippen LogP contribution in [0.4, 0.5) is 0 Å². The van der Waals surface area contributed by atoms with Crippen LogP contribution in [0.2, 0.25) is 0 Å². The number of nitrogens with two attached hydrogens (primary N) is 1. The largest absolute Gasteiger partial charge is 0.354 e. The normalized spacial score (nSPS) is 14.9. The third-order valence-electron chi connectivity index (χ3n) is 2.10. The molecule has 0 saturated carbocycles. The standard InChI is InChI=1S/C10H22N2OS/c1-8(7-11)6-10(13)12-9(2)4-5-14-3/h8-9H,4-7,11H2,1-3H3,(H,12,13). The SMILES string of the molecule is CSCCC(C)NC(=O)CC(C)CN. The van der Waals surface area contributed by atoms with Gasteiger partial charge in [0.15, 0.2) is 0 Å². The van der Waals surface area contributed by atoms with E-state index in [2.05, 4.69) is 11.6 Å². The minimum atomic E-state index is 0.122. The predicted molar refractivity (Wildman–Crippen MR) is 63.4 cm³/mol. The van der Waals surface area contributed by atoms with Crippen LogP contribution in [-0.2, 0) is 4.79 Å². The molecule has 2 atom stereocenters. The van der Waals surface area contributed by atoms with Crippen LogP contribution in [0, 0.1) is 5.92 Å². The molecule has 0 rings (SSSR count). The molecule has 0 aromatic carbocycles. The fraction of sp³-hybridized carbons (Fsp3) is 0.900. The van der Waals surface area contributed by atoms with Crippen molar-refractivity contribution in [2.75, 3.05) is 18.6 Å². The first-order chi connectivity index (χ1) is 6.60. The summed E-state index contributed by atoms with van der Waals surface area (Å²) in [6, 6.07) is 0.278. The Labute approximate surface area is 91.2 Å². The lowest BCUT2D eigenvalue weighted by Crippen LogP contribution is -2.34. The van der Waals surface area contributed by atoms with Gasteiger partial charge in [-0.3, -0.25) is 4.79 Å². The van der Waals surface area contributed by atoms with Crippen molar-refractivity contribution in [3.05, 3.63) is 0 Å². The van der Waals surface area contributed by atoms with Crippen molar-refractivity contribution in [1.29, 1.82) is 0 Å². The molecule has 0 saturated heterocycles. The number of carbonyl (C=O) groups is 1. The van der Waals surface area contributed by atoms with E-state index in [-0.39, 0.29) is 17.9 Å². The van der Waals surface area contributed by atoms with Crippen molar-refractivity contribution < 1.29 is 4.79 Å². The summed E-state index contributed by atoms with van der Waals surface area (Å²) in [6.45, 7) is 4.61. The van der Waals surface area contributed by atoms with E-state index in [4.69, 9.17) is 5.73 Å². The van der Waals surface area contributed by atoms with Gasteiger partial charge >= 0.3 is 0 Å². The van der Waals surface area contributed by atoms with Crippen LogP contribution >= 0.6 is 11.8 Å². The van der Waals surface area contributed by atoms with E-state index in [0.29, 0.717) is 13.0 Å². The number of hydrogen-bond donors (Lipinski definition) is 2. The first-order valence-corrected chi connectivity index (χ1v) is 6.47. The molecule has 0 aliphatic heterocycles. The summed E-state index contributed by atoms with van der Waals surface area (Å²) in [5.41, 5.74) is 5.45. The van der Waals surface area contributed by atoms with Crippen molar-refractivity contribution in [1.82, 2.24) is 5.32 Å². The van der Waals surface area contributed by atoms with E-state index < -0.39 is 0 Å². The minimum Gasteiger partial charge on any atom is -0.354 e. The van der Waals surface area contributed by atoms with Gasteiger partial charge < -0.3 is 11.1 Å². The predicted octanol–water partition coefficient (Wildman–Crippen LogP) is 1.23. The van der Waals surface area contributed by atoms with E-state index in [1.165, 1.54) is 0 Å². The molecule has 3 N–H and O–H groups in total. The summed E-state index contributed by atoms with van der Waals surface area (Å²) in [5, 5.41) is 2.97. The molecule has 0 aromatic rings. The van der Waals surface area contributed by atoms with E-state index in [1.807, 2.05) is 13.8 Å². The van der Waals surface area contributed by atoms with Crippen LogP contribution in [-0.4, -0.2) is 30.5 Å². The van der Waals surface area contributed by atoms with Crippen molar-refractivity contribution in [2.24, 2.45) is 11.7 Å². The molecule has 3 nitrogen and oxygen atoms in total. The molecule has 14 heavy (non-hydrogen) atoms. The van der Waals surface area contributed by atoms with Crippen LogP contribution in [0.25, 0.3) is 0 Å². The van der Waals surface area contributed by atoms with Crippen LogP contribution in [0.3, 0.4) is 0 Å². The van der Waals surface area contributed by atoms with E-state index >= 15 is 0 Å². The van der Waals surface area contributed by atoms with E-state index in [9.17, 15) is 4.79 Å². The maximum atomic E-state index is 11.4. The maximum absolute atomic E-state index is 11.4. The summed E-state index contributed by atoms with van der Waals surface area (Å²) in [5.74, 6) is 1.49. The average molecular weight is 218 g/mol. The third kappa shape index (κ3) is 7.21. The number of rotatable bonds is 7. The minimum absolute atomic E-state index is 0.122. The van der Waals surface area contributed by atoms with E-state index in [0.717, 1.165) is 12.2 Å². The smallest absolute Gasteiger partial charge is 0.220 e. The summed E-state index contributed by atoms with van der Waals surface area (Å²) in [4.78, 5) is 11.4. The monoisotopic (exact) mass is 218 g/mol. The fourth-order valence-corrected chi connectivity index (χ4v) is 1.69. The number of carbonyl (C=O) groups excluding carboxylic acids is 1. The Balaban J connectivity index is 3.60. The summed E-state index contributed by atoms with van der Waals surface area (Å²) in [7, 11) is 0. The molecule has 84 valence electrons. The molecule has 0 aliphatic rings. The van der Waals surface area contributed by atoms with Gasteiger partial charge in [-0.2, -0.15) is 11.8 Å². The molecular weight excluding hydrogens is 196 g/mol. The zero-order chi connectivity index (χ0) is 11.0. The highest BCUT2D eigenvalue weighted by atomic mass is 32.2. The highest BCUT2D eigenvalue weighted by Crippen LogP contribution is 2.02. The summed E-state index contributed by atoms with van der Waals surface area (Å²) < 4.78 is 0. The number of thioether (sulfide) groups is 1. The second kappa shape index (κ2) is 8.12. The average Bonchev–Trinajstić information content (AvgIpc) is 2.14. The van der Waals surface area contributed by atoms with Gasteiger partial charge in [0, 0.05) is 12.5 Å². The Morgan fingerprint density at radius 1 is 1.50 bits per heavy atom. The van der Waals surface area contributed by atoms with Gasteiger partial charge in [-0.15, -0.1) is 0 Å². The fourth-order valence-electron chi connectivity index (χ4n) is 1.10. The summed E-state index contributed by atoms with van der Waals surface area (Å²) >= 11 is 1.80. The zero-order valence-corrected chi connectivity index (χ0v) is 10.2. The second-order valence-corrected chi connectivity index (χ2v) is 4.78. The lowest BCUT2D eigenvalue weighted by molar-refractivity contribution is -0.122. The molecule has 0 heterocycles. The molecule has 0 aliphatic carbocycles. The first kappa shape index (κ1) is 13.8. The van der Waals surface area contributed by atoms with Crippen molar-refractivity contribution >= 4 is 17.7 Å². The van der Waals surface area contributed by atoms with Gasteiger partial charge in [-0.1, -0.05) is 6.92 Å². The Morgan fingerprint density at radius 3 is 2.64 bits per heavy atom. The molecule has 0 bridgehead atoms. The molecule has 1 amide bonds. The maximum Gasteiger partial charge on any atom is 0.220 e. The Kier molecular flexibility index (Phi) is 7.99. The quantitative estimate of drug-likeness (QED) is 0.676. The highest BCUT2D eigenvalue weighted by molar-refractivity contribution is 7.98. The number of hydrogen-bond acceptors (Lipinski definition) is 3. The highest BCUT2D eigenvalue weighted by Gasteiger charge is 2.09. The second-order valence-electron chi connectivity index (χ2n) is 3.80. The Hall–Kier alpha value is -0.220. The molecule has 0 aromatic heterocycles. The van der Waals surface area contributed by atoms with Gasteiger partial charge in [0.1, 0.15) is 0 Å². The van der Waals surface area contributed by atoms with Gasteiger partial charge in [0.2, 0.25) is 5.91 Å². The number of nitrogens with one attached hydrogen (secondary N) is 1. The topological polar surface area (TPSA) is 55.1 Å². The lowest BCUT2D eigenvalue weighted by Gasteiger charge is -2.14. The van der Waals surface area contributed by atoms with Gasteiger partial charge in [-0.05, 0) is 37.8 Å². The van der Waals surface area contributed by atoms with Gasteiger partial charge in [0.25, 0.3) is 0 Å². The van der Waals surface area contributed by atoms with Crippen LogP contribution in [0.15, 0.2) is 0 Å². The summed E-state index contributed by atoms with van der Waals surface area (Å²) in [6.07, 6.45) is 3.65. The third-order valence-corrected chi connectivity index (χ3v) is 2.74. The van der Waals surface area contributed by atoms with Crippen molar-refractivity contribution in [3.8, 4) is 0 Å². The Morgan fingerprint density at radius 2 is 2.14 bits per heavy atom. The van der Waals surface area contributed by atoms with Gasteiger partial charge in [-0.25, -0.2) is 0 Å². The molecule has 2 unspecified atom stereocenters. The van der Waals surface area contributed by atoms with Crippen molar-refractivity contribution in [2.45, 2.75) is 32.7 Å². The van der Waals surface area contributed by atoms with Crippen molar-refractivity contribution in [3.63, 3.8) is 0 Å². The van der Waals surface area contributed by atoms with Crippen LogP contribution < -0.4 is 11.1 Å². The molecular formula is C10H22N2OS. The molecule has 4 heteroatoms. The molecule has 0 fully saturated rings. The lowest BCUT2D eigenvalue weighted by atomic mass is 10.1. The van der Waals surface area contributed by atoms with Gasteiger partial charge in [0.05, 0.1) is 0 Å². The molecule has 0 spiro atoms. The Bertz CT molecular complexity index is 164. The first-order valence-electron chi connectivity index (χ1n) is 5.08. The van der Waals surface area contributed by atoms with Crippen LogP contribution in [0.1, 0.15) is 26.7 Å². The van der Waals surface area contributed by atoms with E-state index in [1.54, 1.807) is 11.8 Å².